The standard InChI is InChI=1S/C23H22N2O2S2/c1-16(13-18-9-5-3-6-10-18)14-20-22(27)25(23(28)29-20)17(2)21(26)24-15-19-11-7-4-8-12-19/h3-14,17H,15H2,1-2H3,(H,24,26)/b16-13+,20-14-. The molecule has 0 bridgehead atoms. The first-order valence-electron chi connectivity index (χ1n) is 9.28. The zero-order valence-corrected chi connectivity index (χ0v) is 17.9. The number of amides is 2. The van der Waals surface area contributed by atoms with Crippen LogP contribution in [0.25, 0.3) is 6.08 Å². The summed E-state index contributed by atoms with van der Waals surface area (Å²) >= 11 is 6.61. The quantitative estimate of drug-likeness (QED) is 0.549. The maximum atomic E-state index is 12.9. The second-order valence-corrected chi connectivity index (χ2v) is 8.41. The van der Waals surface area contributed by atoms with Crippen LogP contribution in [-0.4, -0.2) is 27.1 Å². The number of nitrogens with zero attached hydrogens (tertiary/aromatic N) is 1. The van der Waals surface area contributed by atoms with Crippen LogP contribution < -0.4 is 5.32 Å². The van der Waals surface area contributed by atoms with Crippen LogP contribution in [0.1, 0.15) is 25.0 Å². The molecule has 1 heterocycles. The Morgan fingerprint density at radius 2 is 1.76 bits per heavy atom. The molecule has 0 saturated carbocycles. The van der Waals surface area contributed by atoms with Crippen LogP contribution in [0.2, 0.25) is 0 Å². The summed E-state index contributed by atoms with van der Waals surface area (Å²) in [5.41, 5.74) is 3.00. The predicted octanol–water partition coefficient (Wildman–Crippen LogP) is 4.54. The van der Waals surface area contributed by atoms with E-state index in [-0.39, 0.29) is 11.8 Å². The van der Waals surface area contributed by atoms with Gasteiger partial charge in [-0.1, -0.05) is 90.7 Å². The molecule has 0 spiro atoms. The van der Waals surface area contributed by atoms with Crippen molar-refractivity contribution in [3.8, 4) is 0 Å². The van der Waals surface area contributed by atoms with Crippen LogP contribution in [0, 0.1) is 0 Å². The van der Waals surface area contributed by atoms with Crippen molar-refractivity contribution >= 4 is 46.2 Å². The van der Waals surface area contributed by atoms with Crippen molar-refractivity contribution in [1.29, 1.82) is 0 Å². The lowest BCUT2D eigenvalue weighted by Gasteiger charge is -2.22. The van der Waals surface area contributed by atoms with Crippen LogP contribution in [0.3, 0.4) is 0 Å². The number of carbonyl (C=O) groups is 2. The summed E-state index contributed by atoms with van der Waals surface area (Å²) in [6.07, 6.45) is 3.82. The molecular weight excluding hydrogens is 400 g/mol. The van der Waals surface area contributed by atoms with Crippen molar-refractivity contribution in [2.45, 2.75) is 26.4 Å². The van der Waals surface area contributed by atoms with E-state index in [1.807, 2.05) is 79.7 Å². The van der Waals surface area contributed by atoms with Gasteiger partial charge in [0, 0.05) is 6.54 Å². The van der Waals surface area contributed by atoms with E-state index in [2.05, 4.69) is 5.32 Å². The maximum Gasteiger partial charge on any atom is 0.266 e. The third kappa shape index (κ3) is 5.43. The lowest BCUT2D eigenvalue weighted by Crippen LogP contribution is -2.46. The fourth-order valence-electron chi connectivity index (χ4n) is 2.92. The molecule has 2 aromatic rings. The number of benzene rings is 2. The van der Waals surface area contributed by atoms with Crippen molar-refractivity contribution in [3.63, 3.8) is 0 Å². The van der Waals surface area contributed by atoms with Crippen LogP contribution in [-0.2, 0) is 16.1 Å². The molecule has 0 radical (unpaired) electrons. The highest BCUT2D eigenvalue weighted by Crippen LogP contribution is 2.33. The summed E-state index contributed by atoms with van der Waals surface area (Å²) in [7, 11) is 0. The summed E-state index contributed by atoms with van der Waals surface area (Å²) in [6, 6.07) is 18.9. The van der Waals surface area contributed by atoms with Gasteiger partial charge >= 0.3 is 0 Å². The lowest BCUT2D eigenvalue weighted by atomic mass is 10.1. The third-order valence-electron chi connectivity index (χ3n) is 4.45. The highest BCUT2D eigenvalue weighted by Gasteiger charge is 2.38. The van der Waals surface area contributed by atoms with Crippen LogP contribution in [0.15, 0.2) is 77.2 Å². The second kappa shape index (κ2) is 9.67. The first kappa shape index (κ1) is 21.0. The van der Waals surface area contributed by atoms with E-state index in [9.17, 15) is 9.59 Å². The monoisotopic (exact) mass is 422 g/mol. The van der Waals surface area contributed by atoms with Crippen molar-refractivity contribution in [3.05, 3.63) is 88.3 Å². The van der Waals surface area contributed by atoms with Crippen LogP contribution in [0.5, 0.6) is 0 Å². The van der Waals surface area contributed by atoms with Gasteiger partial charge in [-0.05, 0) is 36.6 Å². The molecule has 29 heavy (non-hydrogen) atoms. The Kier molecular flexibility index (Phi) is 7.01. The number of thioether (sulfide) groups is 1. The Morgan fingerprint density at radius 1 is 1.14 bits per heavy atom. The molecule has 2 aromatic carbocycles. The maximum absolute atomic E-state index is 12.9. The molecule has 1 fully saturated rings. The zero-order chi connectivity index (χ0) is 20.8. The molecule has 1 atom stereocenters. The molecule has 2 amide bonds. The number of hydrogen-bond acceptors (Lipinski definition) is 4. The third-order valence-corrected chi connectivity index (χ3v) is 5.78. The molecule has 4 nitrogen and oxygen atoms in total. The zero-order valence-electron chi connectivity index (χ0n) is 16.3. The number of allylic oxidation sites excluding steroid dienone is 2. The molecule has 1 N–H and O–H groups in total. The summed E-state index contributed by atoms with van der Waals surface area (Å²) in [6.45, 7) is 4.05. The van der Waals surface area contributed by atoms with Crippen molar-refractivity contribution in [2.75, 3.05) is 0 Å². The average molecular weight is 423 g/mol. The molecule has 6 heteroatoms. The summed E-state index contributed by atoms with van der Waals surface area (Å²) in [5.74, 6) is -0.467. The largest absolute Gasteiger partial charge is 0.350 e. The average Bonchev–Trinajstić information content (AvgIpc) is 3.00. The summed E-state index contributed by atoms with van der Waals surface area (Å²) in [5, 5.41) is 2.87. The Labute approximate surface area is 180 Å². The second-order valence-electron chi connectivity index (χ2n) is 6.73. The van der Waals surface area contributed by atoms with E-state index < -0.39 is 6.04 Å². The Morgan fingerprint density at radius 3 is 2.41 bits per heavy atom. The molecule has 1 aliphatic rings. The lowest BCUT2D eigenvalue weighted by molar-refractivity contribution is -0.132. The first-order valence-corrected chi connectivity index (χ1v) is 10.5. The molecule has 1 saturated heterocycles. The van der Waals surface area contributed by atoms with E-state index in [4.69, 9.17) is 12.2 Å². The topological polar surface area (TPSA) is 49.4 Å². The first-order chi connectivity index (χ1) is 14.0. The van der Waals surface area contributed by atoms with Gasteiger partial charge in [-0.2, -0.15) is 0 Å². The highest BCUT2D eigenvalue weighted by molar-refractivity contribution is 8.26. The SMILES string of the molecule is CC(/C=C1\SC(=S)N(C(C)C(=O)NCc2ccccc2)C1=O)=C\c1ccccc1. The minimum Gasteiger partial charge on any atom is -0.350 e. The number of nitrogens with one attached hydrogen (secondary N) is 1. The van der Waals surface area contributed by atoms with E-state index >= 15 is 0 Å². The molecular formula is C23H22N2O2S2. The van der Waals surface area contributed by atoms with Crippen molar-refractivity contribution in [2.24, 2.45) is 0 Å². The minimum atomic E-state index is -0.671. The molecule has 1 aliphatic heterocycles. The van der Waals surface area contributed by atoms with Gasteiger partial charge in [0.2, 0.25) is 5.91 Å². The molecule has 3 rings (SSSR count). The minimum absolute atomic E-state index is 0.233. The molecule has 0 aromatic heterocycles. The molecule has 1 unspecified atom stereocenters. The van der Waals surface area contributed by atoms with Gasteiger partial charge < -0.3 is 5.32 Å². The van der Waals surface area contributed by atoms with Crippen LogP contribution >= 0.6 is 24.0 Å². The highest BCUT2D eigenvalue weighted by atomic mass is 32.2. The smallest absolute Gasteiger partial charge is 0.266 e. The van der Waals surface area contributed by atoms with Crippen molar-refractivity contribution < 1.29 is 9.59 Å². The number of carbonyl (C=O) groups excluding carboxylic acids is 2. The van der Waals surface area contributed by atoms with Gasteiger partial charge in [0.15, 0.2) is 0 Å². The fourth-order valence-corrected chi connectivity index (χ4v) is 4.39. The normalized spacial score (nSPS) is 17.0. The van der Waals surface area contributed by atoms with Gasteiger partial charge in [-0.25, -0.2) is 0 Å². The van der Waals surface area contributed by atoms with Gasteiger partial charge in [-0.3, -0.25) is 14.5 Å². The predicted molar refractivity (Wildman–Crippen MR) is 123 cm³/mol. The van der Waals surface area contributed by atoms with Gasteiger partial charge in [0.05, 0.1) is 4.91 Å². The van der Waals surface area contributed by atoms with Crippen molar-refractivity contribution in [1.82, 2.24) is 10.2 Å². The van der Waals surface area contributed by atoms with E-state index in [0.29, 0.717) is 15.8 Å². The summed E-state index contributed by atoms with van der Waals surface area (Å²) < 4.78 is 0.399. The Hall–Kier alpha value is -2.70. The number of thiocarbonyl (C=S) groups is 1. The van der Waals surface area contributed by atoms with Gasteiger partial charge in [-0.15, -0.1) is 0 Å². The van der Waals surface area contributed by atoms with Gasteiger partial charge in [0.25, 0.3) is 5.91 Å². The molecule has 0 aliphatic carbocycles. The Balaban J connectivity index is 1.67. The van der Waals surface area contributed by atoms with E-state index in [0.717, 1.165) is 16.7 Å². The van der Waals surface area contributed by atoms with E-state index in [1.165, 1.54) is 16.7 Å². The number of hydrogen-bond donors (Lipinski definition) is 1. The fraction of sp³-hybridized carbons (Fsp3) is 0.174. The summed E-state index contributed by atoms with van der Waals surface area (Å²) in [4.78, 5) is 27.3. The van der Waals surface area contributed by atoms with Gasteiger partial charge in [0.1, 0.15) is 10.4 Å². The number of rotatable bonds is 6. The Bertz CT molecular complexity index is 969. The van der Waals surface area contributed by atoms with Crippen LogP contribution in [0.4, 0.5) is 0 Å². The van der Waals surface area contributed by atoms with E-state index in [1.54, 1.807) is 6.92 Å². The molecule has 148 valence electrons.